The molecule has 0 aromatic carbocycles. The summed E-state index contributed by atoms with van der Waals surface area (Å²) < 4.78 is 19.6. The summed E-state index contributed by atoms with van der Waals surface area (Å²) in [6.45, 7) is 33.5. The highest BCUT2D eigenvalue weighted by molar-refractivity contribution is 5.86. The van der Waals surface area contributed by atoms with E-state index < -0.39 is 5.60 Å². The van der Waals surface area contributed by atoms with Crippen molar-refractivity contribution in [2.24, 2.45) is 47.3 Å². The highest BCUT2D eigenvalue weighted by atomic mass is 16.6. The maximum atomic E-state index is 11.6. The van der Waals surface area contributed by atoms with Crippen LogP contribution in [0.5, 0.6) is 0 Å². The molecule has 4 aliphatic heterocycles. The molecule has 0 atom stereocenters. The molecule has 0 spiro atoms. The minimum Gasteiger partial charge on any atom is -0.468 e. The molecule has 4 fully saturated rings. The number of Topliss-reactive ketones (excluding diaryl/α,β-unsaturated/α-hetero) is 4. The monoisotopic (exact) mass is 881 g/mol. The Morgan fingerprint density at radius 2 is 0.742 bits per heavy atom. The van der Waals surface area contributed by atoms with Crippen LogP contribution in [0, 0.1) is 47.3 Å². The SMILES string of the molecule is CC(C)C(=O)C1CN(CC(=O)OC(C)(C)C)C1.CC(C)OC(=O)CN1CC(C(=O)C(C)C)C1.CCOC(=O)CN1CC(C(=O)C(C)C)C1.COC(=O)CN1CC(C(=O)C(C)C)C1. The van der Waals surface area contributed by atoms with Crippen LogP contribution in [0.2, 0.25) is 0 Å². The van der Waals surface area contributed by atoms with Crippen molar-refractivity contribution in [3.63, 3.8) is 0 Å². The molecule has 0 unspecified atom stereocenters. The van der Waals surface area contributed by atoms with Gasteiger partial charge < -0.3 is 18.9 Å². The molecule has 4 saturated heterocycles. The average Bonchev–Trinajstić information content (AvgIpc) is 3.08. The summed E-state index contributed by atoms with van der Waals surface area (Å²) in [5.74, 6) is 1.19. The minimum absolute atomic E-state index is 0.0677. The fraction of sp³-hybridized carbons (Fsp3) is 0.826. The van der Waals surface area contributed by atoms with Gasteiger partial charge in [-0.25, -0.2) is 0 Å². The molecule has 0 aromatic heterocycles. The Morgan fingerprint density at radius 3 is 0.984 bits per heavy atom. The standard InChI is InChI=1S/C13H23NO3.C12H21NO3.C11H19NO3.C10H17NO3/c1-9(2)12(16)10-6-14(7-10)8-11(15)17-13(3,4)5;1-8(2)12(15)10-5-13(6-10)7-11(14)16-9(3)4;1-4-15-10(13)7-12-5-9(6-12)11(14)8(2)3;1-7(2)10(13)8-4-11(5-8)6-9(12)14-3/h9-10H,6-8H2,1-5H3;8-10H,5-7H2,1-4H3;8-9H,4-7H2,1-3H3;7-8H,4-6H2,1-3H3. The van der Waals surface area contributed by atoms with E-state index in [1.165, 1.54) is 7.11 Å². The lowest BCUT2D eigenvalue weighted by Gasteiger charge is -2.38. The molecular weight excluding hydrogens is 801 g/mol. The Labute approximate surface area is 371 Å². The van der Waals surface area contributed by atoms with Crippen LogP contribution in [0.1, 0.15) is 96.9 Å². The van der Waals surface area contributed by atoms with Crippen molar-refractivity contribution < 1.29 is 57.3 Å². The van der Waals surface area contributed by atoms with Crippen LogP contribution < -0.4 is 0 Å². The first-order chi connectivity index (χ1) is 28.7. The molecule has 0 saturated carbocycles. The summed E-state index contributed by atoms with van der Waals surface area (Å²) in [5.41, 5.74) is -0.435. The number of esters is 4. The van der Waals surface area contributed by atoms with Crippen LogP contribution in [0.4, 0.5) is 0 Å². The molecule has 16 nitrogen and oxygen atoms in total. The van der Waals surface area contributed by atoms with E-state index in [1.54, 1.807) is 6.92 Å². The van der Waals surface area contributed by atoms with Crippen molar-refractivity contribution in [1.29, 1.82) is 0 Å². The number of hydrogen-bond donors (Lipinski definition) is 0. The number of nitrogens with zero attached hydrogens (tertiary/aromatic N) is 4. The molecule has 62 heavy (non-hydrogen) atoms. The zero-order chi connectivity index (χ0) is 47.6. The van der Waals surface area contributed by atoms with Crippen LogP contribution in [-0.2, 0) is 57.3 Å². The fourth-order valence-corrected chi connectivity index (χ4v) is 7.08. The van der Waals surface area contributed by atoms with Gasteiger partial charge in [-0.3, -0.25) is 58.0 Å². The van der Waals surface area contributed by atoms with Crippen molar-refractivity contribution in [3.8, 4) is 0 Å². The summed E-state index contributed by atoms with van der Waals surface area (Å²) in [5, 5.41) is 0. The van der Waals surface area contributed by atoms with Gasteiger partial charge >= 0.3 is 23.9 Å². The van der Waals surface area contributed by atoms with Gasteiger partial charge in [0.2, 0.25) is 0 Å². The van der Waals surface area contributed by atoms with Gasteiger partial charge in [0.1, 0.15) is 28.7 Å². The molecule has 0 amide bonds. The summed E-state index contributed by atoms with van der Waals surface area (Å²) in [6.07, 6.45) is -0.0677. The van der Waals surface area contributed by atoms with Crippen LogP contribution in [0.3, 0.4) is 0 Å². The van der Waals surface area contributed by atoms with E-state index >= 15 is 0 Å². The zero-order valence-electron chi connectivity index (χ0n) is 40.6. The van der Waals surface area contributed by atoms with Crippen molar-refractivity contribution in [2.75, 3.05) is 92.3 Å². The number of methoxy groups -OCH3 is 1. The number of ether oxygens (including phenoxy) is 4. The lowest BCUT2D eigenvalue weighted by Crippen LogP contribution is -2.53. The number of likely N-dealkylation sites (tertiary alicyclic amines) is 4. The zero-order valence-corrected chi connectivity index (χ0v) is 40.6. The highest BCUT2D eigenvalue weighted by Crippen LogP contribution is 2.23. The normalized spacial score (nSPS) is 17.8. The molecule has 4 heterocycles. The maximum Gasteiger partial charge on any atom is 0.320 e. The Balaban J connectivity index is 0.000000414. The van der Waals surface area contributed by atoms with Crippen molar-refractivity contribution in [1.82, 2.24) is 19.6 Å². The quantitative estimate of drug-likeness (QED) is 0.144. The second kappa shape index (κ2) is 26.9. The first kappa shape index (κ1) is 56.4. The number of carbonyl (C=O) groups is 8. The summed E-state index contributed by atoms with van der Waals surface area (Å²) >= 11 is 0. The van der Waals surface area contributed by atoms with Crippen LogP contribution in [0.25, 0.3) is 0 Å². The average molecular weight is 881 g/mol. The van der Waals surface area contributed by atoms with E-state index in [0.717, 1.165) is 0 Å². The van der Waals surface area contributed by atoms with Gasteiger partial charge in [-0.1, -0.05) is 55.4 Å². The van der Waals surface area contributed by atoms with E-state index in [-0.39, 0.29) is 77.3 Å². The van der Waals surface area contributed by atoms with Gasteiger partial charge in [0.05, 0.1) is 46.0 Å². The molecule has 0 radical (unpaired) electrons. The van der Waals surface area contributed by atoms with E-state index in [9.17, 15) is 38.4 Å². The van der Waals surface area contributed by atoms with Crippen LogP contribution in [0.15, 0.2) is 0 Å². The molecule has 4 aliphatic rings. The van der Waals surface area contributed by atoms with Gasteiger partial charge in [-0.2, -0.15) is 0 Å². The molecule has 356 valence electrons. The Morgan fingerprint density at radius 1 is 0.468 bits per heavy atom. The first-order valence-electron chi connectivity index (χ1n) is 22.4. The lowest BCUT2D eigenvalue weighted by molar-refractivity contribution is -0.159. The molecule has 0 aromatic rings. The minimum atomic E-state index is -0.435. The van der Waals surface area contributed by atoms with Crippen LogP contribution >= 0.6 is 0 Å². The predicted molar refractivity (Wildman–Crippen MR) is 235 cm³/mol. The molecule has 0 aliphatic carbocycles. The third kappa shape index (κ3) is 21.2. The molecule has 4 rings (SSSR count). The summed E-state index contributed by atoms with van der Waals surface area (Å²) in [6, 6.07) is 0. The largest absolute Gasteiger partial charge is 0.468 e. The van der Waals surface area contributed by atoms with E-state index in [4.69, 9.17) is 14.2 Å². The highest BCUT2D eigenvalue weighted by Gasteiger charge is 2.37. The van der Waals surface area contributed by atoms with Crippen molar-refractivity contribution >= 4 is 47.0 Å². The van der Waals surface area contributed by atoms with E-state index in [1.807, 2.05) is 110 Å². The molecular formula is C46H80N4O12. The summed E-state index contributed by atoms with van der Waals surface area (Å²) in [4.78, 5) is 98.9. The smallest absolute Gasteiger partial charge is 0.320 e. The lowest BCUT2D eigenvalue weighted by atomic mass is 9.89. The van der Waals surface area contributed by atoms with Gasteiger partial charge in [-0.15, -0.1) is 0 Å². The third-order valence-electron chi connectivity index (χ3n) is 10.4. The fourth-order valence-electron chi connectivity index (χ4n) is 7.08. The topological polar surface area (TPSA) is 186 Å². The Bertz CT molecular complexity index is 1480. The first-order valence-corrected chi connectivity index (χ1v) is 22.4. The Kier molecular flexibility index (Phi) is 24.5. The number of carbonyl (C=O) groups excluding carboxylic acids is 8. The second-order valence-electron chi connectivity index (χ2n) is 19.3. The third-order valence-corrected chi connectivity index (χ3v) is 10.4. The van der Waals surface area contributed by atoms with Crippen molar-refractivity contribution in [2.45, 2.75) is 109 Å². The van der Waals surface area contributed by atoms with Gasteiger partial charge in [0.25, 0.3) is 0 Å². The maximum absolute atomic E-state index is 11.6. The predicted octanol–water partition coefficient (Wildman–Crippen LogP) is 3.60. The summed E-state index contributed by atoms with van der Waals surface area (Å²) in [7, 11) is 1.37. The number of ketones is 4. The van der Waals surface area contributed by atoms with Gasteiger partial charge in [0, 0.05) is 99.7 Å². The van der Waals surface area contributed by atoms with Crippen LogP contribution in [-0.4, -0.2) is 171 Å². The molecule has 0 bridgehead atoms. The van der Waals surface area contributed by atoms with Gasteiger partial charge in [0.15, 0.2) is 0 Å². The van der Waals surface area contributed by atoms with Gasteiger partial charge in [-0.05, 0) is 41.5 Å². The van der Waals surface area contributed by atoms with E-state index in [2.05, 4.69) is 4.74 Å². The van der Waals surface area contributed by atoms with E-state index in [0.29, 0.717) is 108 Å². The second-order valence-corrected chi connectivity index (χ2v) is 19.3. The number of rotatable bonds is 18. The molecule has 16 heteroatoms. The number of hydrogen-bond acceptors (Lipinski definition) is 16. The van der Waals surface area contributed by atoms with Crippen molar-refractivity contribution in [3.05, 3.63) is 0 Å². The Hall–Kier alpha value is -3.60. The molecule has 0 N–H and O–H groups in total.